The first-order valence-electron chi connectivity index (χ1n) is 14.1. The van der Waals surface area contributed by atoms with E-state index in [-0.39, 0.29) is 18.1 Å². The van der Waals surface area contributed by atoms with Gasteiger partial charge in [0.05, 0.1) is 9.99 Å². The van der Waals surface area contributed by atoms with Crippen LogP contribution in [0.3, 0.4) is 0 Å². The van der Waals surface area contributed by atoms with Crippen molar-refractivity contribution in [1.82, 2.24) is 20.1 Å². The van der Waals surface area contributed by atoms with Gasteiger partial charge in [0, 0.05) is 41.2 Å². The first-order chi connectivity index (χ1) is 19.5. The van der Waals surface area contributed by atoms with Gasteiger partial charge in [-0.25, -0.2) is 0 Å². The van der Waals surface area contributed by atoms with Gasteiger partial charge in [0.15, 0.2) is 0 Å². The molecule has 6 rings (SSSR count). The second kappa shape index (κ2) is 12.5. The smallest absolute Gasteiger partial charge is 0.268 e. The standard InChI is InChI=1S/C32H34Br2N4O2/c33-24-5-3-6-26(20-24)38-29-7-2-1-4-23(29)19-30(38)32(39)36-25-12-16-37(17-13-25)21-22-8-9-31(28(34)18-22)40-27-10-14-35-15-11-27/h1-9,18-20,25,27,35H,10-17,21H2,(H,36,39). The Balaban J connectivity index is 1.07. The van der Waals surface area contributed by atoms with E-state index in [1.165, 1.54) is 5.56 Å². The number of aromatic nitrogens is 1. The Kier molecular flexibility index (Phi) is 8.58. The first kappa shape index (κ1) is 27.5. The number of fused-ring (bicyclic) bond motifs is 1. The molecule has 8 heteroatoms. The number of halogens is 2. The van der Waals surface area contributed by atoms with E-state index in [1.54, 1.807) is 0 Å². The molecule has 2 aliphatic heterocycles. The number of para-hydroxylation sites is 1. The summed E-state index contributed by atoms with van der Waals surface area (Å²) in [7, 11) is 0. The van der Waals surface area contributed by atoms with Crippen LogP contribution in [-0.2, 0) is 6.54 Å². The van der Waals surface area contributed by atoms with E-state index in [4.69, 9.17) is 4.74 Å². The lowest BCUT2D eigenvalue weighted by Crippen LogP contribution is -2.44. The zero-order valence-electron chi connectivity index (χ0n) is 22.4. The number of benzene rings is 3. The molecule has 40 heavy (non-hydrogen) atoms. The minimum absolute atomic E-state index is 0.0251. The van der Waals surface area contributed by atoms with E-state index in [2.05, 4.69) is 82.3 Å². The van der Waals surface area contributed by atoms with Crippen LogP contribution >= 0.6 is 31.9 Å². The molecule has 1 amide bonds. The molecule has 0 atom stereocenters. The predicted molar refractivity (Wildman–Crippen MR) is 167 cm³/mol. The summed E-state index contributed by atoms with van der Waals surface area (Å²) in [5.74, 6) is 0.903. The Labute approximate surface area is 252 Å². The van der Waals surface area contributed by atoms with Crippen LogP contribution in [-0.4, -0.2) is 53.7 Å². The summed E-state index contributed by atoms with van der Waals surface area (Å²) in [6, 6.07) is 24.9. The Morgan fingerprint density at radius 3 is 2.50 bits per heavy atom. The lowest BCUT2D eigenvalue weighted by molar-refractivity contribution is 0.0902. The zero-order valence-corrected chi connectivity index (χ0v) is 25.6. The second-order valence-electron chi connectivity index (χ2n) is 10.8. The Morgan fingerprint density at radius 1 is 0.925 bits per heavy atom. The van der Waals surface area contributed by atoms with E-state index in [9.17, 15) is 4.79 Å². The fourth-order valence-electron chi connectivity index (χ4n) is 5.80. The van der Waals surface area contributed by atoms with E-state index in [1.807, 2.05) is 42.5 Å². The molecular formula is C32H34Br2N4O2. The van der Waals surface area contributed by atoms with Crippen LogP contribution in [0.15, 0.2) is 81.7 Å². The predicted octanol–water partition coefficient (Wildman–Crippen LogP) is 6.68. The number of carbonyl (C=O) groups is 1. The molecule has 6 nitrogen and oxygen atoms in total. The van der Waals surface area contributed by atoms with Crippen LogP contribution in [0.1, 0.15) is 41.7 Å². The third-order valence-electron chi connectivity index (χ3n) is 7.91. The van der Waals surface area contributed by atoms with Crippen LogP contribution < -0.4 is 15.4 Å². The third kappa shape index (κ3) is 6.30. The summed E-state index contributed by atoms with van der Waals surface area (Å²) < 4.78 is 10.3. The lowest BCUT2D eigenvalue weighted by Gasteiger charge is -2.32. The zero-order chi connectivity index (χ0) is 27.5. The van der Waals surface area contributed by atoms with E-state index in [0.29, 0.717) is 5.69 Å². The molecule has 2 N–H and O–H groups in total. The molecule has 2 fully saturated rings. The van der Waals surface area contributed by atoms with Crippen molar-refractivity contribution < 1.29 is 9.53 Å². The molecule has 0 aliphatic carbocycles. The van der Waals surface area contributed by atoms with E-state index >= 15 is 0 Å². The molecule has 2 aliphatic rings. The van der Waals surface area contributed by atoms with Crippen LogP contribution in [0.25, 0.3) is 16.6 Å². The van der Waals surface area contributed by atoms with Gasteiger partial charge in [0.25, 0.3) is 5.91 Å². The minimum Gasteiger partial charge on any atom is -0.489 e. The molecule has 0 bridgehead atoms. The van der Waals surface area contributed by atoms with Crippen LogP contribution in [0.2, 0.25) is 0 Å². The third-order valence-corrected chi connectivity index (χ3v) is 9.03. The van der Waals surface area contributed by atoms with Gasteiger partial charge in [-0.2, -0.15) is 0 Å². The van der Waals surface area contributed by atoms with Crippen LogP contribution in [0.5, 0.6) is 5.75 Å². The van der Waals surface area contributed by atoms with Crippen molar-refractivity contribution in [3.8, 4) is 11.4 Å². The van der Waals surface area contributed by atoms with Gasteiger partial charge < -0.3 is 19.9 Å². The molecule has 3 heterocycles. The largest absolute Gasteiger partial charge is 0.489 e. The quantitative estimate of drug-likeness (QED) is 0.231. The van der Waals surface area contributed by atoms with Gasteiger partial charge in [0.2, 0.25) is 0 Å². The topological polar surface area (TPSA) is 58.5 Å². The average molecular weight is 666 g/mol. The Bertz CT molecular complexity index is 1490. The number of piperidine rings is 2. The number of hydrogen-bond donors (Lipinski definition) is 2. The second-order valence-corrected chi connectivity index (χ2v) is 12.5. The van der Waals surface area contributed by atoms with Crippen molar-refractivity contribution in [2.24, 2.45) is 0 Å². The summed E-state index contributed by atoms with van der Waals surface area (Å²) in [4.78, 5) is 16.0. The summed E-state index contributed by atoms with van der Waals surface area (Å²) in [5.41, 5.74) is 3.93. The number of nitrogens with one attached hydrogen (secondary N) is 2. The van der Waals surface area contributed by atoms with E-state index in [0.717, 1.165) is 89.7 Å². The summed E-state index contributed by atoms with van der Waals surface area (Å²) in [6.07, 6.45) is 4.24. The number of rotatable bonds is 7. The number of amides is 1. The molecule has 0 radical (unpaired) electrons. The highest BCUT2D eigenvalue weighted by molar-refractivity contribution is 9.10. The van der Waals surface area contributed by atoms with Crippen molar-refractivity contribution in [2.45, 2.75) is 44.4 Å². The number of nitrogens with zero attached hydrogens (tertiary/aromatic N) is 2. The van der Waals surface area contributed by atoms with Gasteiger partial charge in [-0.05, 0) is 103 Å². The SMILES string of the molecule is O=C(NC1CCN(Cc2ccc(OC3CCNCC3)c(Br)c2)CC1)c1cc2ccccc2n1-c1cccc(Br)c1. The molecule has 3 aromatic carbocycles. The van der Waals surface area contributed by atoms with Crippen molar-refractivity contribution in [2.75, 3.05) is 26.2 Å². The van der Waals surface area contributed by atoms with Gasteiger partial charge in [-0.15, -0.1) is 0 Å². The van der Waals surface area contributed by atoms with Crippen LogP contribution in [0.4, 0.5) is 0 Å². The summed E-state index contributed by atoms with van der Waals surface area (Å²) in [6.45, 7) is 4.83. The maximum absolute atomic E-state index is 13.6. The molecule has 0 spiro atoms. The van der Waals surface area contributed by atoms with Gasteiger partial charge in [-0.1, -0.05) is 46.3 Å². The number of carbonyl (C=O) groups excluding carboxylic acids is 1. The van der Waals surface area contributed by atoms with Gasteiger partial charge in [-0.3, -0.25) is 9.69 Å². The maximum Gasteiger partial charge on any atom is 0.268 e. The number of likely N-dealkylation sites (tertiary alicyclic amines) is 1. The van der Waals surface area contributed by atoms with Crippen molar-refractivity contribution >= 4 is 48.7 Å². The summed E-state index contributed by atoms with van der Waals surface area (Å²) in [5, 5.41) is 7.77. The molecule has 0 unspecified atom stereocenters. The molecule has 208 valence electrons. The van der Waals surface area contributed by atoms with Crippen molar-refractivity contribution in [3.05, 3.63) is 93.0 Å². The monoisotopic (exact) mass is 664 g/mol. The van der Waals surface area contributed by atoms with Crippen LogP contribution in [0, 0.1) is 0 Å². The van der Waals surface area contributed by atoms with Gasteiger partial charge in [0.1, 0.15) is 17.5 Å². The fourth-order valence-corrected chi connectivity index (χ4v) is 6.71. The molecule has 0 saturated carbocycles. The minimum atomic E-state index is -0.0251. The maximum atomic E-state index is 13.6. The highest BCUT2D eigenvalue weighted by Gasteiger charge is 2.24. The van der Waals surface area contributed by atoms with Crippen molar-refractivity contribution in [3.63, 3.8) is 0 Å². The highest BCUT2D eigenvalue weighted by Crippen LogP contribution is 2.30. The first-order valence-corrected chi connectivity index (χ1v) is 15.7. The number of hydrogen-bond acceptors (Lipinski definition) is 4. The molecular weight excluding hydrogens is 632 g/mol. The fraction of sp³-hybridized carbons (Fsp3) is 0.344. The molecule has 1 aromatic heterocycles. The Hall–Kier alpha value is -2.65. The van der Waals surface area contributed by atoms with Crippen molar-refractivity contribution in [1.29, 1.82) is 0 Å². The highest BCUT2D eigenvalue weighted by atomic mass is 79.9. The molecule has 2 saturated heterocycles. The molecule has 4 aromatic rings. The van der Waals surface area contributed by atoms with E-state index < -0.39 is 0 Å². The number of ether oxygens (including phenoxy) is 1. The van der Waals surface area contributed by atoms with Gasteiger partial charge >= 0.3 is 0 Å². The lowest BCUT2D eigenvalue weighted by atomic mass is 10.0. The average Bonchev–Trinajstić information content (AvgIpc) is 3.36. The summed E-state index contributed by atoms with van der Waals surface area (Å²) >= 11 is 7.31. The normalized spacial score (nSPS) is 17.2. The Morgan fingerprint density at radius 2 is 1.73 bits per heavy atom.